The van der Waals surface area contributed by atoms with Gasteiger partial charge in [-0.15, -0.1) is 0 Å². The van der Waals surface area contributed by atoms with Crippen LogP contribution in [0.1, 0.15) is 32.1 Å². The molecule has 0 aliphatic rings. The third-order valence-electron chi connectivity index (χ3n) is 4.23. The Morgan fingerprint density at radius 1 is 1.14 bits per heavy atom. The van der Waals surface area contributed by atoms with E-state index in [1.54, 1.807) is 20.0 Å². The summed E-state index contributed by atoms with van der Waals surface area (Å²) in [7, 11) is 1.27. The Hall–Kier alpha value is -3.20. The number of methoxy groups -OCH3 is 1. The number of carbonyl (C=O) groups excluding carboxylic acids is 3. The third kappa shape index (κ3) is 4.62. The molecule has 150 valence electrons. The fraction of sp³-hybridized carbons (Fsp3) is 0.250. The molecule has 9 heteroatoms. The van der Waals surface area contributed by atoms with E-state index in [1.165, 1.54) is 18.9 Å². The van der Waals surface area contributed by atoms with E-state index in [1.807, 2.05) is 24.3 Å². The van der Waals surface area contributed by atoms with Crippen LogP contribution in [0.3, 0.4) is 0 Å². The zero-order valence-corrected chi connectivity index (χ0v) is 17.0. The molecule has 0 bridgehead atoms. The van der Waals surface area contributed by atoms with Crippen LogP contribution in [0.25, 0.3) is 11.0 Å². The van der Waals surface area contributed by atoms with Crippen molar-refractivity contribution in [3.05, 3.63) is 53.0 Å². The van der Waals surface area contributed by atoms with Crippen LogP contribution in [-0.4, -0.2) is 52.1 Å². The summed E-state index contributed by atoms with van der Waals surface area (Å²) >= 11 is 1.18. The fourth-order valence-corrected chi connectivity index (χ4v) is 3.48. The van der Waals surface area contributed by atoms with Crippen molar-refractivity contribution in [1.82, 2.24) is 15.0 Å². The highest BCUT2D eigenvalue weighted by molar-refractivity contribution is 7.99. The Morgan fingerprint density at radius 2 is 1.86 bits per heavy atom. The van der Waals surface area contributed by atoms with Gasteiger partial charge >= 0.3 is 11.9 Å². The van der Waals surface area contributed by atoms with Crippen LogP contribution in [0.5, 0.6) is 0 Å². The van der Waals surface area contributed by atoms with Crippen LogP contribution in [0.4, 0.5) is 0 Å². The summed E-state index contributed by atoms with van der Waals surface area (Å²) in [5.74, 6) is -1.51. The highest BCUT2D eigenvalue weighted by atomic mass is 32.2. The van der Waals surface area contributed by atoms with E-state index >= 15 is 0 Å². The van der Waals surface area contributed by atoms with Gasteiger partial charge in [-0.25, -0.2) is 9.78 Å². The minimum Gasteiger partial charge on any atom is -0.465 e. The second-order valence-electron chi connectivity index (χ2n) is 6.19. The number of hydrogen-bond acceptors (Lipinski definition) is 8. The summed E-state index contributed by atoms with van der Waals surface area (Å²) in [6.07, 6.45) is 1.59. The molecular formula is C20H19N3O5S. The number of carbonyl (C=O) groups is 3. The zero-order valence-electron chi connectivity index (χ0n) is 16.1. The van der Waals surface area contributed by atoms with Gasteiger partial charge < -0.3 is 14.5 Å². The van der Waals surface area contributed by atoms with E-state index < -0.39 is 24.3 Å². The first-order valence-corrected chi connectivity index (χ1v) is 9.70. The number of esters is 2. The van der Waals surface area contributed by atoms with E-state index in [4.69, 9.17) is 9.47 Å². The Kier molecular flexibility index (Phi) is 6.28. The topological polar surface area (TPSA) is 111 Å². The summed E-state index contributed by atoms with van der Waals surface area (Å²) in [6, 6.07) is 7.43. The van der Waals surface area contributed by atoms with Crippen molar-refractivity contribution in [3.63, 3.8) is 0 Å². The SMILES string of the molecule is COC(=O)c1c(C)[nH]c(C(=O)COC(=O)CSc2cnc3ccccc3n2)c1C. The maximum atomic E-state index is 12.4. The molecule has 2 aromatic heterocycles. The van der Waals surface area contributed by atoms with Crippen molar-refractivity contribution < 1.29 is 23.9 Å². The summed E-state index contributed by atoms with van der Waals surface area (Å²) in [5.41, 5.74) is 3.04. The molecule has 0 saturated heterocycles. The number of aromatic nitrogens is 3. The summed E-state index contributed by atoms with van der Waals surface area (Å²) in [5, 5.41) is 0.588. The maximum Gasteiger partial charge on any atom is 0.339 e. The number of hydrogen-bond donors (Lipinski definition) is 1. The zero-order chi connectivity index (χ0) is 21.0. The minimum atomic E-state index is -0.549. The van der Waals surface area contributed by atoms with E-state index in [9.17, 15) is 14.4 Å². The smallest absolute Gasteiger partial charge is 0.339 e. The molecule has 0 saturated carbocycles. The molecule has 29 heavy (non-hydrogen) atoms. The first kappa shape index (κ1) is 20.5. The lowest BCUT2D eigenvalue weighted by atomic mass is 10.1. The molecule has 2 heterocycles. The summed E-state index contributed by atoms with van der Waals surface area (Å²) in [4.78, 5) is 47.7. The van der Waals surface area contributed by atoms with Gasteiger partial charge in [0.2, 0.25) is 5.78 Å². The number of ether oxygens (including phenoxy) is 2. The number of rotatable bonds is 7. The molecule has 0 fully saturated rings. The van der Waals surface area contributed by atoms with Gasteiger partial charge in [-0.05, 0) is 31.5 Å². The molecule has 1 N–H and O–H groups in total. The van der Waals surface area contributed by atoms with Crippen molar-refractivity contribution >= 4 is 40.5 Å². The van der Waals surface area contributed by atoms with Crippen molar-refractivity contribution in [1.29, 1.82) is 0 Å². The van der Waals surface area contributed by atoms with E-state index in [-0.39, 0.29) is 11.4 Å². The lowest BCUT2D eigenvalue weighted by molar-refractivity contribution is -0.139. The molecule has 0 aliphatic heterocycles. The molecular weight excluding hydrogens is 394 g/mol. The number of H-pyrrole nitrogens is 1. The molecule has 8 nitrogen and oxygen atoms in total. The number of benzene rings is 1. The number of para-hydroxylation sites is 2. The van der Waals surface area contributed by atoms with E-state index in [0.717, 1.165) is 11.0 Å². The van der Waals surface area contributed by atoms with Gasteiger partial charge in [0.1, 0.15) is 5.03 Å². The van der Waals surface area contributed by atoms with Crippen molar-refractivity contribution in [2.75, 3.05) is 19.5 Å². The number of aryl methyl sites for hydroxylation is 1. The number of aromatic amines is 1. The number of nitrogens with one attached hydrogen (secondary N) is 1. The number of thioether (sulfide) groups is 1. The van der Waals surface area contributed by atoms with Crippen LogP contribution in [0.2, 0.25) is 0 Å². The van der Waals surface area contributed by atoms with Gasteiger partial charge in [0.25, 0.3) is 0 Å². The Labute approximate surface area is 171 Å². The fourth-order valence-electron chi connectivity index (χ4n) is 2.84. The minimum absolute atomic E-state index is 0.00352. The lowest BCUT2D eigenvalue weighted by Crippen LogP contribution is -2.16. The van der Waals surface area contributed by atoms with Crippen LogP contribution >= 0.6 is 11.8 Å². The van der Waals surface area contributed by atoms with Crippen LogP contribution in [0, 0.1) is 13.8 Å². The van der Waals surface area contributed by atoms with Gasteiger partial charge in [-0.3, -0.25) is 14.6 Å². The first-order chi connectivity index (χ1) is 13.9. The van der Waals surface area contributed by atoms with Gasteiger partial charge in [-0.2, -0.15) is 0 Å². The number of fused-ring (bicyclic) bond motifs is 1. The maximum absolute atomic E-state index is 12.4. The normalized spacial score (nSPS) is 10.7. The van der Waals surface area contributed by atoms with Crippen LogP contribution in [-0.2, 0) is 14.3 Å². The molecule has 0 atom stereocenters. The number of Topliss-reactive ketones (excluding diaryl/α,β-unsaturated/α-hetero) is 1. The van der Waals surface area contributed by atoms with Gasteiger partial charge in [0.15, 0.2) is 6.61 Å². The molecule has 3 aromatic rings. The van der Waals surface area contributed by atoms with Crippen LogP contribution in [0.15, 0.2) is 35.5 Å². The highest BCUT2D eigenvalue weighted by Crippen LogP contribution is 2.20. The average Bonchev–Trinajstić information content (AvgIpc) is 3.03. The van der Waals surface area contributed by atoms with E-state index in [2.05, 4.69) is 15.0 Å². The second-order valence-corrected chi connectivity index (χ2v) is 7.18. The van der Waals surface area contributed by atoms with Gasteiger partial charge in [0, 0.05) is 5.69 Å². The van der Waals surface area contributed by atoms with Crippen molar-refractivity contribution in [2.45, 2.75) is 18.9 Å². The Morgan fingerprint density at radius 3 is 2.59 bits per heavy atom. The van der Waals surface area contributed by atoms with Crippen molar-refractivity contribution in [3.8, 4) is 0 Å². The highest BCUT2D eigenvalue weighted by Gasteiger charge is 2.23. The quantitative estimate of drug-likeness (QED) is 0.358. The molecule has 0 amide bonds. The second kappa shape index (κ2) is 8.87. The molecule has 0 spiro atoms. The summed E-state index contributed by atoms with van der Waals surface area (Å²) < 4.78 is 9.79. The molecule has 0 unspecified atom stereocenters. The Balaban J connectivity index is 1.56. The third-order valence-corrected chi connectivity index (χ3v) is 5.11. The molecule has 0 radical (unpaired) electrons. The largest absolute Gasteiger partial charge is 0.465 e. The van der Waals surface area contributed by atoms with E-state index in [0.29, 0.717) is 21.8 Å². The standard InChI is InChI=1S/C20H19N3O5S/c1-11-18(20(26)27-3)12(2)22-19(11)15(24)9-28-17(25)10-29-16-8-21-13-6-4-5-7-14(13)23-16/h4-8,22H,9-10H2,1-3H3. The molecule has 3 rings (SSSR count). The average molecular weight is 413 g/mol. The van der Waals surface area contributed by atoms with Crippen LogP contribution < -0.4 is 0 Å². The monoisotopic (exact) mass is 413 g/mol. The number of nitrogens with zero attached hydrogens (tertiary/aromatic N) is 2. The first-order valence-electron chi connectivity index (χ1n) is 8.71. The summed E-state index contributed by atoms with van der Waals surface area (Å²) in [6.45, 7) is 2.88. The van der Waals surface area contributed by atoms with Gasteiger partial charge in [-0.1, -0.05) is 23.9 Å². The number of ketones is 1. The van der Waals surface area contributed by atoms with Gasteiger partial charge in [0.05, 0.1) is 41.4 Å². The van der Waals surface area contributed by atoms with Crippen molar-refractivity contribution in [2.24, 2.45) is 0 Å². The molecule has 1 aromatic carbocycles. The Bertz CT molecular complexity index is 1090. The predicted octanol–water partition coefficient (Wildman–Crippen LogP) is 2.88. The predicted molar refractivity (Wildman–Crippen MR) is 107 cm³/mol. The lowest BCUT2D eigenvalue weighted by Gasteiger charge is -2.05. The molecule has 0 aliphatic carbocycles.